The summed E-state index contributed by atoms with van der Waals surface area (Å²) in [4.78, 5) is 11.9. The number of amides is 1. The van der Waals surface area contributed by atoms with Crippen LogP contribution in [0.4, 0.5) is 10.5 Å². The second-order valence-corrected chi connectivity index (χ2v) is 8.92. The monoisotopic (exact) mass is 522 g/mol. The first-order valence-corrected chi connectivity index (χ1v) is 12.7. The van der Waals surface area contributed by atoms with Crippen molar-refractivity contribution in [3.63, 3.8) is 0 Å². The Morgan fingerprint density at radius 3 is 2.44 bits per heavy atom. The van der Waals surface area contributed by atoms with Crippen LogP contribution in [0.25, 0.3) is 0 Å². The lowest BCUT2D eigenvalue weighted by molar-refractivity contribution is 0.00452. The number of cyclic esters (lactones) is 1. The Bertz CT molecular complexity index is 1190. The van der Waals surface area contributed by atoms with Crippen molar-refractivity contribution in [2.24, 2.45) is 5.16 Å². The fourth-order valence-corrected chi connectivity index (χ4v) is 4.28. The standard InChI is InChI=1S/C24H30N2O9S/c1-5-24(6-2)19-15-17(9-11-20(19)26-23(27)33-24)32-14-8-7-13-25-35-36(28,29)34-18-10-12-21(30-3)22(16-18)31-4/h9-13,15-16H,5-8,14H2,1-4H3,(H,26,27). The molecule has 0 bridgehead atoms. The minimum absolute atomic E-state index is 0.0126. The van der Waals surface area contributed by atoms with E-state index in [1.807, 2.05) is 19.9 Å². The summed E-state index contributed by atoms with van der Waals surface area (Å²) in [6.07, 6.45) is 3.10. The number of anilines is 1. The molecule has 0 radical (unpaired) electrons. The summed E-state index contributed by atoms with van der Waals surface area (Å²) < 4.78 is 54.9. The number of benzene rings is 2. The number of hydrogen-bond acceptors (Lipinski definition) is 10. The highest BCUT2D eigenvalue weighted by molar-refractivity contribution is 7.82. The molecule has 1 heterocycles. The molecule has 12 heteroatoms. The molecule has 0 aromatic heterocycles. The van der Waals surface area contributed by atoms with Gasteiger partial charge in [0.2, 0.25) is 0 Å². The average Bonchev–Trinajstić information content (AvgIpc) is 2.87. The van der Waals surface area contributed by atoms with E-state index >= 15 is 0 Å². The van der Waals surface area contributed by atoms with Crippen LogP contribution in [0.3, 0.4) is 0 Å². The minimum atomic E-state index is -4.41. The maximum absolute atomic E-state index is 12.0. The van der Waals surface area contributed by atoms with E-state index in [2.05, 4.69) is 14.8 Å². The lowest BCUT2D eigenvalue weighted by Gasteiger charge is -2.37. The molecule has 196 valence electrons. The fourth-order valence-electron chi connectivity index (χ4n) is 3.74. The number of nitrogens with zero attached hydrogens (tertiary/aromatic N) is 1. The first kappa shape index (κ1) is 26.9. The van der Waals surface area contributed by atoms with Crippen molar-refractivity contribution in [1.29, 1.82) is 0 Å². The van der Waals surface area contributed by atoms with Crippen molar-refractivity contribution in [2.75, 3.05) is 26.1 Å². The molecule has 3 rings (SSSR count). The Hall–Kier alpha value is -3.67. The summed E-state index contributed by atoms with van der Waals surface area (Å²) in [6.45, 7) is 4.30. The van der Waals surface area contributed by atoms with Gasteiger partial charge in [-0.25, -0.2) is 9.08 Å². The number of carbonyl (C=O) groups is 1. The molecule has 0 unspecified atom stereocenters. The van der Waals surface area contributed by atoms with Gasteiger partial charge in [-0.15, -0.1) is 8.42 Å². The van der Waals surface area contributed by atoms with Gasteiger partial charge in [-0.05, 0) is 56.0 Å². The van der Waals surface area contributed by atoms with E-state index in [9.17, 15) is 13.2 Å². The van der Waals surface area contributed by atoms with Gasteiger partial charge in [0.15, 0.2) is 11.5 Å². The lowest BCUT2D eigenvalue weighted by Crippen LogP contribution is -2.38. The summed E-state index contributed by atoms with van der Waals surface area (Å²) in [7, 11) is -1.53. The van der Waals surface area contributed by atoms with Crippen LogP contribution in [-0.4, -0.2) is 41.6 Å². The molecule has 0 spiro atoms. The number of methoxy groups -OCH3 is 2. The Balaban J connectivity index is 1.47. The van der Waals surface area contributed by atoms with Crippen molar-refractivity contribution >= 4 is 28.4 Å². The molecule has 0 atom stereocenters. The van der Waals surface area contributed by atoms with E-state index in [0.717, 1.165) is 5.56 Å². The molecular weight excluding hydrogens is 492 g/mol. The molecule has 1 N–H and O–H groups in total. The molecule has 0 saturated heterocycles. The number of unbranched alkanes of at least 4 members (excludes halogenated alkanes) is 1. The fraction of sp³-hybridized carbons (Fsp3) is 0.417. The smallest absolute Gasteiger partial charge is 0.494 e. The van der Waals surface area contributed by atoms with E-state index in [-0.39, 0.29) is 5.75 Å². The first-order valence-electron chi connectivity index (χ1n) is 11.4. The zero-order valence-electron chi connectivity index (χ0n) is 20.6. The zero-order chi connectivity index (χ0) is 26.2. The summed E-state index contributed by atoms with van der Waals surface area (Å²) >= 11 is 0. The number of rotatable bonds is 13. The van der Waals surface area contributed by atoms with Crippen LogP contribution in [0.1, 0.15) is 45.1 Å². The average molecular weight is 523 g/mol. The van der Waals surface area contributed by atoms with Gasteiger partial charge in [-0.3, -0.25) is 5.32 Å². The van der Waals surface area contributed by atoms with Gasteiger partial charge >= 0.3 is 16.5 Å². The highest BCUT2D eigenvalue weighted by Gasteiger charge is 2.39. The van der Waals surface area contributed by atoms with Gasteiger partial charge in [0, 0.05) is 17.8 Å². The normalized spacial score (nSPS) is 14.4. The third-order valence-electron chi connectivity index (χ3n) is 5.66. The summed E-state index contributed by atoms with van der Waals surface area (Å²) in [5.41, 5.74) is 0.897. The minimum Gasteiger partial charge on any atom is -0.494 e. The molecule has 36 heavy (non-hydrogen) atoms. The maximum Gasteiger partial charge on any atom is 0.521 e. The number of nitrogens with one attached hydrogen (secondary N) is 1. The van der Waals surface area contributed by atoms with Gasteiger partial charge in [-0.1, -0.05) is 19.0 Å². The quantitative estimate of drug-likeness (QED) is 0.225. The Morgan fingerprint density at radius 2 is 1.75 bits per heavy atom. The van der Waals surface area contributed by atoms with Crippen molar-refractivity contribution < 1.29 is 40.6 Å². The van der Waals surface area contributed by atoms with Gasteiger partial charge in [0.05, 0.1) is 26.5 Å². The topological polar surface area (TPSA) is 131 Å². The van der Waals surface area contributed by atoms with Crippen LogP contribution in [0.5, 0.6) is 23.0 Å². The van der Waals surface area contributed by atoms with Gasteiger partial charge in [0.1, 0.15) is 17.1 Å². The molecule has 0 aliphatic carbocycles. The van der Waals surface area contributed by atoms with Crippen molar-refractivity contribution in [3.05, 3.63) is 42.0 Å². The SMILES string of the molecule is CCC1(CC)OC(=O)Nc2ccc(OCCCC=NOS(=O)(=O)Oc3ccc(OC)c(OC)c3)cc21. The number of carbonyl (C=O) groups excluding carboxylic acids is 1. The Kier molecular flexibility index (Phi) is 8.86. The third-order valence-corrected chi connectivity index (χ3v) is 6.32. The predicted octanol–water partition coefficient (Wildman–Crippen LogP) is 4.77. The summed E-state index contributed by atoms with van der Waals surface area (Å²) in [5.74, 6) is 1.36. The predicted molar refractivity (Wildman–Crippen MR) is 132 cm³/mol. The summed E-state index contributed by atoms with van der Waals surface area (Å²) in [5, 5.41) is 6.18. The highest BCUT2D eigenvalue weighted by Crippen LogP contribution is 2.42. The largest absolute Gasteiger partial charge is 0.521 e. The van der Waals surface area contributed by atoms with Crippen LogP contribution in [0, 0.1) is 0 Å². The Labute approximate surface area is 210 Å². The second-order valence-electron chi connectivity index (χ2n) is 7.78. The van der Waals surface area contributed by atoms with Crippen molar-refractivity contribution in [3.8, 4) is 23.0 Å². The van der Waals surface area contributed by atoms with E-state index in [1.165, 1.54) is 38.6 Å². The molecule has 1 amide bonds. The second kappa shape index (κ2) is 11.8. The molecule has 0 fully saturated rings. The highest BCUT2D eigenvalue weighted by atomic mass is 32.3. The summed E-state index contributed by atoms with van der Waals surface area (Å²) in [6, 6.07) is 9.70. The molecule has 1 aliphatic heterocycles. The molecular formula is C24H30N2O9S. The van der Waals surface area contributed by atoms with Crippen LogP contribution in [-0.2, 0) is 25.0 Å². The van der Waals surface area contributed by atoms with E-state index in [0.29, 0.717) is 55.2 Å². The van der Waals surface area contributed by atoms with Gasteiger partial charge in [-0.2, -0.15) is 0 Å². The Morgan fingerprint density at radius 1 is 1.03 bits per heavy atom. The van der Waals surface area contributed by atoms with E-state index in [1.54, 1.807) is 12.1 Å². The van der Waals surface area contributed by atoms with Crippen LogP contribution >= 0.6 is 0 Å². The number of fused-ring (bicyclic) bond motifs is 1. The van der Waals surface area contributed by atoms with Crippen molar-refractivity contribution in [1.82, 2.24) is 0 Å². The zero-order valence-corrected chi connectivity index (χ0v) is 21.4. The first-order chi connectivity index (χ1) is 17.3. The van der Waals surface area contributed by atoms with E-state index < -0.39 is 22.1 Å². The van der Waals surface area contributed by atoms with Crippen molar-refractivity contribution in [2.45, 2.75) is 45.1 Å². The molecule has 2 aromatic rings. The maximum atomic E-state index is 12.0. The molecule has 2 aromatic carbocycles. The lowest BCUT2D eigenvalue weighted by atomic mass is 9.86. The number of oxime groups is 1. The van der Waals surface area contributed by atoms with Crippen LogP contribution in [0.15, 0.2) is 41.6 Å². The van der Waals surface area contributed by atoms with Crippen LogP contribution in [0.2, 0.25) is 0 Å². The van der Waals surface area contributed by atoms with Gasteiger partial charge < -0.3 is 23.1 Å². The molecule has 11 nitrogen and oxygen atoms in total. The van der Waals surface area contributed by atoms with Gasteiger partial charge in [0.25, 0.3) is 0 Å². The molecule has 0 saturated carbocycles. The van der Waals surface area contributed by atoms with Crippen LogP contribution < -0.4 is 23.7 Å². The third kappa shape index (κ3) is 6.51. The number of hydrogen-bond donors (Lipinski definition) is 1. The van der Waals surface area contributed by atoms with E-state index in [4.69, 9.17) is 23.1 Å². The number of ether oxygens (including phenoxy) is 4. The molecule has 1 aliphatic rings.